The van der Waals surface area contributed by atoms with Crippen molar-refractivity contribution in [3.05, 3.63) is 66.7 Å². The van der Waals surface area contributed by atoms with E-state index in [4.69, 9.17) is 0 Å². The number of aromatic nitrogens is 2. The number of anilines is 3. The first-order valence-corrected chi connectivity index (χ1v) is 7.74. The van der Waals surface area contributed by atoms with Gasteiger partial charge in [-0.3, -0.25) is 0 Å². The van der Waals surface area contributed by atoms with E-state index in [1.807, 2.05) is 66.7 Å². The van der Waals surface area contributed by atoms with Gasteiger partial charge in [-0.05, 0) is 26.0 Å². The Morgan fingerprint density at radius 2 is 1.39 bits per heavy atom. The average molecular weight is 304 g/mol. The smallest absolute Gasteiger partial charge is 0.163 e. The molecule has 0 aliphatic heterocycles. The van der Waals surface area contributed by atoms with Gasteiger partial charge in [0.2, 0.25) is 0 Å². The van der Waals surface area contributed by atoms with Crippen molar-refractivity contribution in [3.8, 4) is 11.4 Å². The minimum absolute atomic E-state index is 0.304. The summed E-state index contributed by atoms with van der Waals surface area (Å²) in [6.45, 7) is 4.18. The summed E-state index contributed by atoms with van der Waals surface area (Å²) in [7, 11) is 0. The molecule has 0 amide bonds. The van der Waals surface area contributed by atoms with E-state index >= 15 is 0 Å². The zero-order chi connectivity index (χ0) is 16.1. The molecule has 4 nitrogen and oxygen atoms in total. The maximum Gasteiger partial charge on any atom is 0.163 e. The van der Waals surface area contributed by atoms with Gasteiger partial charge in [0.15, 0.2) is 5.82 Å². The van der Waals surface area contributed by atoms with Crippen LogP contribution in [0.5, 0.6) is 0 Å². The fourth-order valence-electron chi connectivity index (χ4n) is 2.27. The van der Waals surface area contributed by atoms with Crippen LogP contribution in [0.4, 0.5) is 17.3 Å². The molecular formula is C19H20N4. The molecule has 0 unspecified atom stereocenters. The summed E-state index contributed by atoms with van der Waals surface area (Å²) in [4.78, 5) is 9.27. The predicted octanol–water partition coefficient (Wildman–Crippen LogP) is 4.71. The molecule has 116 valence electrons. The molecule has 4 heteroatoms. The number of rotatable bonds is 5. The lowest BCUT2D eigenvalue weighted by atomic mass is 10.2. The van der Waals surface area contributed by atoms with Gasteiger partial charge in [0, 0.05) is 23.4 Å². The minimum atomic E-state index is 0.304. The second kappa shape index (κ2) is 6.92. The van der Waals surface area contributed by atoms with Crippen LogP contribution in [-0.4, -0.2) is 16.0 Å². The highest BCUT2D eigenvalue weighted by atomic mass is 15.1. The van der Waals surface area contributed by atoms with Crippen LogP contribution < -0.4 is 10.6 Å². The second-order valence-corrected chi connectivity index (χ2v) is 5.62. The summed E-state index contributed by atoms with van der Waals surface area (Å²) < 4.78 is 0. The molecule has 3 rings (SSSR count). The van der Waals surface area contributed by atoms with Crippen molar-refractivity contribution < 1.29 is 0 Å². The molecule has 0 atom stereocenters. The number of hydrogen-bond donors (Lipinski definition) is 2. The Morgan fingerprint density at radius 3 is 2.04 bits per heavy atom. The molecule has 0 saturated carbocycles. The minimum Gasteiger partial charge on any atom is -0.368 e. The first-order valence-electron chi connectivity index (χ1n) is 7.74. The average Bonchev–Trinajstić information content (AvgIpc) is 2.56. The van der Waals surface area contributed by atoms with Crippen LogP contribution in [0.1, 0.15) is 13.8 Å². The Morgan fingerprint density at radius 1 is 0.783 bits per heavy atom. The van der Waals surface area contributed by atoms with Crippen molar-refractivity contribution in [3.63, 3.8) is 0 Å². The lowest BCUT2D eigenvalue weighted by molar-refractivity contribution is 0.887. The Bertz CT molecular complexity index is 755. The summed E-state index contributed by atoms with van der Waals surface area (Å²) in [5.74, 6) is 2.29. The molecule has 0 aliphatic carbocycles. The highest BCUT2D eigenvalue weighted by molar-refractivity contribution is 5.65. The third kappa shape index (κ3) is 4.07. The molecule has 0 fully saturated rings. The monoisotopic (exact) mass is 304 g/mol. The number of para-hydroxylation sites is 1. The van der Waals surface area contributed by atoms with Crippen molar-refractivity contribution in [2.45, 2.75) is 19.9 Å². The van der Waals surface area contributed by atoms with Crippen molar-refractivity contribution in [1.82, 2.24) is 9.97 Å². The van der Waals surface area contributed by atoms with Gasteiger partial charge in [-0.15, -0.1) is 0 Å². The normalized spacial score (nSPS) is 10.6. The number of nitrogens with one attached hydrogen (secondary N) is 2. The summed E-state index contributed by atoms with van der Waals surface area (Å²) in [5, 5.41) is 6.69. The maximum absolute atomic E-state index is 4.64. The summed E-state index contributed by atoms with van der Waals surface area (Å²) in [6, 6.07) is 22.2. The molecule has 0 spiro atoms. The van der Waals surface area contributed by atoms with E-state index in [0.717, 1.165) is 22.9 Å². The topological polar surface area (TPSA) is 49.8 Å². The van der Waals surface area contributed by atoms with Crippen molar-refractivity contribution in [2.24, 2.45) is 0 Å². The lowest BCUT2D eigenvalue weighted by Crippen LogP contribution is -2.12. The van der Waals surface area contributed by atoms with E-state index in [1.54, 1.807) is 0 Å². The predicted molar refractivity (Wildman–Crippen MR) is 96.0 cm³/mol. The number of nitrogens with zero attached hydrogens (tertiary/aromatic N) is 2. The van der Waals surface area contributed by atoms with Crippen LogP contribution in [0.15, 0.2) is 66.7 Å². The van der Waals surface area contributed by atoms with E-state index in [-0.39, 0.29) is 0 Å². The molecule has 0 bridgehead atoms. The largest absolute Gasteiger partial charge is 0.368 e. The van der Waals surface area contributed by atoms with E-state index in [0.29, 0.717) is 11.9 Å². The standard InChI is InChI=1S/C19H20N4/c1-14(2)20-17-13-18(21-16-11-7-4-8-12-16)23-19(22-17)15-9-5-3-6-10-15/h3-14H,1-2H3,(H2,20,21,22,23). The molecule has 2 aromatic carbocycles. The van der Waals surface area contributed by atoms with Gasteiger partial charge in [-0.1, -0.05) is 48.5 Å². The number of hydrogen-bond acceptors (Lipinski definition) is 4. The van der Waals surface area contributed by atoms with Crippen molar-refractivity contribution in [1.29, 1.82) is 0 Å². The quantitative estimate of drug-likeness (QED) is 0.717. The first-order chi connectivity index (χ1) is 11.2. The third-order valence-electron chi connectivity index (χ3n) is 3.24. The fourth-order valence-corrected chi connectivity index (χ4v) is 2.27. The van der Waals surface area contributed by atoms with Crippen LogP contribution in [0.2, 0.25) is 0 Å². The Labute approximate surface area is 136 Å². The van der Waals surface area contributed by atoms with E-state index < -0.39 is 0 Å². The molecule has 0 radical (unpaired) electrons. The highest BCUT2D eigenvalue weighted by Gasteiger charge is 2.08. The van der Waals surface area contributed by atoms with Gasteiger partial charge in [-0.25, -0.2) is 9.97 Å². The molecule has 23 heavy (non-hydrogen) atoms. The van der Waals surface area contributed by atoms with Crippen LogP contribution in [0, 0.1) is 0 Å². The zero-order valence-corrected chi connectivity index (χ0v) is 13.3. The molecular weight excluding hydrogens is 284 g/mol. The lowest BCUT2D eigenvalue weighted by Gasteiger charge is -2.13. The number of benzene rings is 2. The van der Waals surface area contributed by atoms with Crippen molar-refractivity contribution >= 4 is 17.3 Å². The Balaban J connectivity index is 1.98. The van der Waals surface area contributed by atoms with E-state index in [2.05, 4.69) is 34.4 Å². The van der Waals surface area contributed by atoms with Crippen LogP contribution >= 0.6 is 0 Å². The summed E-state index contributed by atoms with van der Waals surface area (Å²) in [5.41, 5.74) is 2.00. The molecule has 1 aromatic heterocycles. The summed E-state index contributed by atoms with van der Waals surface area (Å²) >= 11 is 0. The van der Waals surface area contributed by atoms with E-state index in [1.165, 1.54) is 0 Å². The van der Waals surface area contributed by atoms with Gasteiger partial charge < -0.3 is 10.6 Å². The fraction of sp³-hybridized carbons (Fsp3) is 0.158. The first kappa shape index (κ1) is 15.0. The van der Waals surface area contributed by atoms with E-state index in [9.17, 15) is 0 Å². The Hall–Kier alpha value is -2.88. The second-order valence-electron chi connectivity index (χ2n) is 5.62. The molecule has 0 saturated heterocycles. The highest BCUT2D eigenvalue weighted by Crippen LogP contribution is 2.22. The molecule has 2 N–H and O–H groups in total. The molecule has 3 aromatic rings. The van der Waals surface area contributed by atoms with Gasteiger partial charge in [0.05, 0.1) is 0 Å². The maximum atomic E-state index is 4.64. The van der Waals surface area contributed by atoms with Gasteiger partial charge in [0.1, 0.15) is 11.6 Å². The van der Waals surface area contributed by atoms with Gasteiger partial charge >= 0.3 is 0 Å². The third-order valence-corrected chi connectivity index (χ3v) is 3.24. The molecule has 0 aliphatic rings. The van der Waals surface area contributed by atoms with Crippen LogP contribution in [0.25, 0.3) is 11.4 Å². The SMILES string of the molecule is CC(C)Nc1cc(Nc2ccccc2)nc(-c2ccccc2)n1. The van der Waals surface area contributed by atoms with Gasteiger partial charge in [0.25, 0.3) is 0 Å². The van der Waals surface area contributed by atoms with Crippen LogP contribution in [0.3, 0.4) is 0 Å². The summed E-state index contributed by atoms with van der Waals surface area (Å²) in [6.07, 6.45) is 0. The van der Waals surface area contributed by atoms with Gasteiger partial charge in [-0.2, -0.15) is 0 Å². The Kier molecular flexibility index (Phi) is 4.52. The zero-order valence-electron chi connectivity index (χ0n) is 13.3. The molecule has 1 heterocycles. The van der Waals surface area contributed by atoms with Crippen LogP contribution in [-0.2, 0) is 0 Å². The van der Waals surface area contributed by atoms with Crippen molar-refractivity contribution in [2.75, 3.05) is 10.6 Å².